The van der Waals surface area contributed by atoms with E-state index >= 15 is 0 Å². The van der Waals surface area contributed by atoms with Crippen molar-refractivity contribution in [1.82, 2.24) is 0 Å². The van der Waals surface area contributed by atoms with Gasteiger partial charge in [-0.3, -0.25) is 9.59 Å². The van der Waals surface area contributed by atoms with Gasteiger partial charge in [-0.25, -0.2) is 0 Å². The standard InChI is InChI=1S/C10H16O4/c1-5-6(8(11)12)4-7(9(13)14)10(5,2)3/h5-7H,4H2,1-3H3,(H,11,12)(H,13,14)/t5-,6+,7-/m0/s1. The first-order valence-electron chi connectivity index (χ1n) is 4.74. The predicted molar refractivity (Wildman–Crippen MR) is 49.8 cm³/mol. The summed E-state index contributed by atoms with van der Waals surface area (Å²) in [5, 5.41) is 17.9. The summed E-state index contributed by atoms with van der Waals surface area (Å²) in [5.41, 5.74) is -0.436. The lowest BCUT2D eigenvalue weighted by atomic mass is 9.75. The van der Waals surface area contributed by atoms with E-state index in [0.29, 0.717) is 0 Å². The fraction of sp³-hybridized carbons (Fsp3) is 0.800. The third-order valence-electron chi connectivity index (χ3n) is 3.78. The minimum Gasteiger partial charge on any atom is -0.481 e. The summed E-state index contributed by atoms with van der Waals surface area (Å²) in [4.78, 5) is 21.8. The van der Waals surface area contributed by atoms with Crippen molar-refractivity contribution in [3.63, 3.8) is 0 Å². The fourth-order valence-electron chi connectivity index (χ4n) is 2.33. The zero-order valence-corrected chi connectivity index (χ0v) is 8.65. The lowest BCUT2D eigenvalue weighted by Crippen LogP contribution is -2.30. The number of hydrogen-bond acceptors (Lipinski definition) is 2. The van der Waals surface area contributed by atoms with Crippen molar-refractivity contribution in [2.24, 2.45) is 23.2 Å². The van der Waals surface area contributed by atoms with Crippen LogP contribution in [0, 0.1) is 23.2 Å². The zero-order chi connectivity index (χ0) is 11.1. The molecule has 1 saturated carbocycles. The van der Waals surface area contributed by atoms with Gasteiger partial charge in [0.25, 0.3) is 0 Å². The van der Waals surface area contributed by atoms with Crippen LogP contribution in [0.1, 0.15) is 27.2 Å². The van der Waals surface area contributed by atoms with Crippen molar-refractivity contribution < 1.29 is 19.8 Å². The smallest absolute Gasteiger partial charge is 0.307 e. The maximum absolute atomic E-state index is 10.9. The van der Waals surface area contributed by atoms with Crippen molar-refractivity contribution in [2.45, 2.75) is 27.2 Å². The highest BCUT2D eigenvalue weighted by Gasteiger charge is 2.52. The van der Waals surface area contributed by atoms with Crippen LogP contribution >= 0.6 is 0 Å². The van der Waals surface area contributed by atoms with Crippen LogP contribution in [0.2, 0.25) is 0 Å². The highest BCUT2D eigenvalue weighted by Crippen LogP contribution is 2.50. The van der Waals surface area contributed by atoms with Gasteiger partial charge in [-0.05, 0) is 17.8 Å². The molecule has 1 rings (SSSR count). The molecule has 0 aromatic rings. The van der Waals surface area contributed by atoms with Gasteiger partial charge in [0.2, 0.25) is 0 Å². The second kappa shape index (κ2) is 3.26. The van der Waals surface area contributed by atoms with Crippen LogP contribution < -0.4 is 0 Å². The molecule has 0 spiro atoms. The van der Waals surface area contributed by atoms with Crippen LogP contribution in [-0.4, -0.2) is 22.2 Å². The molecule has 0 saturated heterocycles. The van der Waals surface area contributed by atoms with Gasteiger partial charge in [0.05, 0.1) is 11.8 Å². The minimum absolute atomic E-state index is 0.0962. The van der Waals surface area contributed by atoms with E-state index in [2.05, 4.69) is 0 Å². The summed E-state index contributed by atoms with van der Waals surface area (Å²) in [5.74, 6) is -2.93. The van der Waals surface area contributed by atoms with Gasteiger partial charge in [-0.2, -0.15) is 0 Å². The van der Waals surface area contributed by atoms with Crippen molar-refractivity contribution >= 4 is 11.9 Å². The van der Waals surface area contributed by atoms with E-state index in [1.54, 1.807) is 0 Å². The van der Waals surface area contributed by atoms with Crippen LogP contribution in [0.25, 0.3) is 0 Å². The zero-order valence-electron chi connectivity index (χ0n) is 8.65. The average molecular weight is 200 g/mol. The van der Waals surface area contributed by atoms with Crippen LogP contribution in [0.5, 0.6) is 0 Å². The highest BCUT2D eigenvalue weighted by molar-refractivity contribution is 5.76. The average Bonchev–Trinajstić information content (AvgIpc) is 2.24. The Morgan fingerprint density at radius 2 is 1.71 bits per heavy atom. The summed E-state index contributed by atoms with van der Waals surface area (Å²) in [6.07, 6.45) is 0.249. The number of rotatable bonds is 2. The summed E-state index contributed by atoms with van der Waals surface area (Å²) in [7, 11) is 0. The van der Waals surface area contributed by atoms with Gasteiger partial charge >= 0.3 is 11.9 Å². The molecule has 1 aliphatic rings. The molecule has 1 aliphatic carbocycles. The maximum atomic E-state index is 10.9. The molecule has 2 N–H and O–H groups in total. The van der Waals surface area contributed by atoms with Crippen molar-refractivity contribution in [3.05, 3.63) is 0 Å². The predicted octanol–water partition coefficient (Wildman–Crippen LogP) is 1.45. The molecule has 0 radical (unpaired) electrons. The van der Waals surface area contributed by atoms with Crippen LogP contribution in [0.4, 0.5) is 0 Å². The molecule has 3 atom stereocenters. The molecule has 80 valence electrons. The second-order valence-electron chi connectivity index (χ2n) is 4.68. The van der Waals surface area contributed by atoms with Gasteiger partial charge in [-0.15, -0.1) is 0 Å². The van der Waals surface area contributed by atoms with E-state index in [1.807, 2.05) is 20.8 Å². The first kappa shape index (κ1) is 11.0. The molecule has 4 nitrogen and oxygen atoms in total. The van der Waals surface area contributed by atoms with Gasteiger partial charge in [-0.1, -0.05) is 20.8 Å². The normalized spacial score (nSPS) is 35.5. The fourth-order valence-corrected chi connectivity index (χ4v) is 2.33. The summed E-state index contributed by atoms with van der Waals surface area (Å²) in [6.45, 7) is 5.49. The highest BCUT2D eigenvalue weighted by atomic mass is 16.4. The quantitative estimate of drug-likeness (QED) is 0.707. The molecule has 1 fully saturated rings. The molecule has 14 heavy (non-hydrogen) atoms. The second-order valence-corrected chi connectivity index (χ2v) is 4.68. The molecule has 0 aliphatic heterocycles. The SMILES string of the molecule is C[C@H]1[C@H](C(=O)O)C[C@@H](C(=O)O)C1(C)C. The van der Waals surface area contributed by atoms with E-state index < -0.39 is 29.2 Å². The van der Waals surface area contributed by atoms with Crippen molar-refractivity contribution in [1.29, 1.82) is 0 Å². The van der Waals surface area contributed by atoms with Gasteiger partial charge < -0.3 is 10.2 Å². The van der Waals surface area contributed by atoms with E-state index in [9.17, 15) is 9.59 Å². The van der Waals surface area contributed by atoms with E-state index in [-0.39, 0.29) is 12.3 Å². The number of aliphatic carboxylic acids is 2. The Hall–Kier alpha value is -1.06. The summed E-state index contributed by atoms with van der Waals surface area (Å²) in [6, 6.07) is 0. The molecule has 4 heteroatoms. The van der Waals surface area contributed by atoms with E-state index in [1.165, 1.54) is 0 Å². The minimum atomic E-state index is -0.884. The largest absolute Gasteiger partial charge is 0.481 e. The van der Waals surface area contributed by atoms with Crippen LogP contribution in [0.15, 0.2) is 0 Å². The lowest BCUT2D eigenvalue weighted by molar-refractivity contribution is -0.145. The van der Waals surface area contributed by atoms with Gasteiger partial charge in [0.1, 0.15) is 0 Å². The lowest BCUT2D eigenvalue weighted by Gasteiger charge is -2.29. The number of carboxylic acids is 2. The molecular weight excluding hydrogens is 184 g/mol. The first-order chi connectivity index (χ1) is 6.28. The molecule has 0 bridgehead atoms. The van der Waals surface area contributed by atoms with Gasteiger partial charge in [0, 0.05) is 0 Å². The summed E-state index contributed by atoms with van der Waals surface area (Å²) >= 11 is 0. The Kier molecular flexibility index (Phi) is 2.56. The Labute approximate surface area is 82.9 Å². The monoisotopic (exact) mass is 200 g/mol. The van der Waals surface area contributed by atoms with Crippen molar-refractivity contribution in [3.8, 4) is 0 Å². The molecule has 0 amide bonds. The first-order valence-corrected chi connectivity index (χ1v) is 4.74. The number of carboxylic acid groups (broad SMARTS) is 2. The number of hydrogen-bond donors (Lipinski definition) is 2. The van der Waals surface area contributed by atoms with E-state index in [4.69, 9.17) is 10.2 Å². The van der Waals surface area contributed by atoms with Crippen LogP contribution in [0.3, 0.4) is 0 Å². The molecule has 0 aromatic heterocycles. The van der Waals surface area contributed by atoms with E-state index in [0.717, 1.165) is 0 Å². The Morgan fingerprint density at radius 3 is 1.93 bits per heavy atom. The Bertz CT molecular complexity index is 269. The van der Waals surface area contributed by atoms with Gasteiger partial charge in [0.15, 0.2) is 0 Å². The Balaban J connectivity index is 2.96. The molecule has 0 heterocycles. The van der Waals surface area contributed by atoms with Crippen LogP contribution in [-0.2, 0) is 9.59 Å². The third-order valence-corrected chi connectivity index (χ3v) is 3.78. The van der Waals surface area contributed by atoms with Crippen molar-refractivity contribution in [2.75, 3.05) is 0 Å². The maximum Gasteiger partial charge on any atom is 0.307 e. The Morgan fingerprint density at radius 1 is 1.21 bits per heavy atom. The molecule has 0 unspecified atom stereocenters. The third kappa shape index (κ3) is 1.49. The number of carbonyl (C=O) groups is 2. The molecular formula is C10H16O4. The molecule has 0 aromatic carbocycles. The summed E-state index contributed by atoms with van der Waals surface area (Å²) < 4.78 is 0. The topological polar surface area (TPSA) is 74.6 Å².